The molecule has 0 fully saturated rings. The van der Waals surface area contributed by atoms with Crippen LogP contribution in [0.4, 0.5) is 0 Å². The van der Waals surface area contributed by atoms with Gasteiger partial charge in [-0.05, 0) is 25.3 Å². The van der Waals surface area contributed by atoms with Gasteiger partial charge in [0, 0.05) is 17.2 Å². The smallest absolute Gasteiger partial charge is 0.133 e. The maximum atomic E-state index is 9.98. The lowest BCUT2D eigenvalue weighted by molar-refractivity contribution is 0.172. The molecule has 0 saturated heterocycles. The normalized spacial score (nSPS) is 17.2. The van der Waals surface area contributed by atoms with Crippen LogP contribution in [-0.4, -0.2) is 12.2 Å². The van der Waals surface area contributed by atoms with Crippen molar-refractivity contribution >= 4 is 0 Å². The highest BCUT2D eigenvalue weighted by molar-refractivity contribution is 5.57. The second-order valence-corrected chi connectivity index (χ2v) is 5.09. The molecular weight excluding hydrogens is 252 g/mol. The highest BCUT2D eigenvalue weighted by atomic mass is 16.5. The van der Waals surface area contributed by atoms with Gasteiger partial charge in [0.1, 0.15) is 23.4 Å². The first-order chi connectivity index (χ1) is 9.70. The topological polar surface area (TPSA) is 38.7 Å². The summed E-state index contributed by atoms with van der Waals surface area (Å²) in [7, 11) is 1.62. The van der Waals surface area contributed by atoms with E-state index in [0.717, 1.165) is 29.7 Å². The van der Waals surface area contributed by atoms with Crippen molar-refractivity contribution in [2.75, 3.05) is 7.11 Å². The number of rotatable bonds is 2. The van der Waals surface area contributed by atoms with E-state index < -0.39 is 0 Å². The van der Waals surface area contributed by atoms with Crippen molar-refractivity contribution in [1.29, 1.82) is 0 Å². The van der Waals surface area contributed by atoms with Gasteiger partial charge in [-0.2, -0.15) is 0 Å². The van der Waals surface area contributed by atoms with Crippen molar-refractivity contribution in [3.05, 3.63) is 53.1 Å². The Morgan fingerprint density at radius 2 is 2.00 bits per heavy atom. The third-order valence-electron chi connectivity index (χ3n) is 3.87. The van der Waals surface area contributed by atoms with E-state index in [-0.39, 0.29) is 11.9 Å². The number of phenols is 1. The van der Waals surface area contributed by atoms with Crippen LogP contribution >= 0.6 is 0 Å². The molecule has 20 heavy (non-hydrogen) atoms. The number of ether oxygens (including phenoxy) is 2. The Labute approximate surface area is 118 Å². The molecule has 1 unspecified atom stereocenters. The molecule has 104 valence electrons. The van der Waals surface area contributed by atoms with Gasteiger partial charge in [-0.1, -0.05) is 30.3 Å². The molecule has 0 bridgehead atoms. The van der Waals surface area contributed by atoms with E-state index in [1.54, 1.807) is 13.2 Å². The second kappa shape index (κ2) is 5.08. The van der Waals surface area contributed by atoms with Gasteiger partial charge >= 0.3 is 0 Å². The Bertz CT molecular complexity index is 620. The van der Waals surface area contributed by atoms with Gasteiger partial charge in [0.15, 0.2) is 0 Å². The zero-order valence-electron chi connectivity index (χ0n) is 11.7. The maximum absolute atomic E-state index is 9.98. The minimum absolute atomic E-state index is 0.0360. The fourth-order valence-corrected chi connectivity index (χ4v) is 2.73. The highest BCUT2D eigenvalue weighted by Gasteiger charge is 2.26. The lowest BCUT2D eigenvalue weighted by Gasteiger charge is -2.29. The molecule has 0 aromatic heterocycles. The van der Waals surface area contributed by atoms with E-state index in [4.69, 9.17) is 9.47 Å². The van der Waals surface area contributed by atoms with Gasteiger partial charge in [-0.25, -0.2) is 0 Å². The summed E-state index contributed by atoms with van der Waals surface area (Å²) >= 11 is 0. The van der Waals surface area contributed by atoms with Crippen molar-refractivity contribution in [1.82, 2.24) is 0 Å². The Morgan fingerprint density at radius 3 is 2.70 bits per heavy atom. The summed E-state index contributed by atoms with van der Waals surface area (Å²) in [5.74, 6) is 1.69. The third-order valence-corrected chi connectivity index (χ3v) is 3.87. The van der Waals surface area contributed by atoms with E-state index in [1.165, 1.54) is 5.56 Å². The van der Waals surface area contributed by atoms with Crippen LogP contribution in [0.2, 0.25) is 0 Å². The molecule has 3 heteroatoms. The van der Waals surface area contributed by atoms with Crippen molar-refractivity contribution < 1.29 is 14.6 Å². The van der Waals surface area contributed by atoms with Crippen LogP contribution in [0, 0.1) is 6.92 Å². The molecule has 0 amide bonds. The zero-order chi connectivity index (χ0) is 14.1. The van der Waals surface area contributed by atoms with E-state index in [2.05, 4.69) is 12.1 Å². The summed E-state index contributed by atoms with van der Waals surface area (Å²) in [6, 6.07) is 11.9. The average molecular weight is 270 g/mol. The molecule has 0 spiro atoms. The first kappa shape index (κ1) is 12.9. The molecule has 2 aromatic rings. The third kappa shape index (κ3) is 2.09. The van der Waals surface area contributed by atoms with Gasteiger partial charge in [-0.3, -0.25) is 0 Å². The average Bonchev–Trinajstić information content (AvgIpc) is 2.51. The van der Waals surface area contributed by atoms with Gasteiger partial charge < -0.3 is 14.6 Å². The van der Waals surface area contributed by atoms with Crippen LogP contribution in [0.1, 0.15) is 29.2 Å². The maximum Gasteiger partial charge on any atom is 0.133 e. The monoisotopic (exact) mass is 270 g/mol. The van der Waals surface area contributed by atoms with Crippen LogP contribution in [0.15, 0.2) is 36.4 Å². The molecule has 0 saturated carbocycles. The second-order valence-electron chi connectivity index (χ2n) is 5.09. The molecule has 2 aromatic carbocycles. The SMILES string of the molecule is COc1cc(O)c(C)c2c1CCC(c1ccccc1)O2. The number of aromatic hydroxyl groups is 1. The Balaban J connectivity index is 2.01. The Kier molecular flexibility index (Phi) is 3.26. The molecular formula is C17H18O3. The number of hydrogen-bond donors (Lipinski definition) is 1. The summed E-state index contributed by atoms with van der Waals surface area (Å²) in [4.78, 5) is 0. The van der Waals surface area contributed by atoms with Crippen LogP contribution in [-0.2, 0) is 6.42 Å². The van der Waals surface area contributed by atoms with E-state index in [1.807, 2.05) is 25.1 Å². The fourth-order valence-electron chi connectivity index (χ4n) is 2.73. The minimum atomic E-state index is 0.0360. The van der Waals surface area contributed by atoms with Crippen molar-refractivity contribution in [3.8, 4) is 17.2 Å². The van der Waals surface area contributed by atoms with Crippen LogP contribution in [0.5, 0.6) is 17.2 Å². The molecule has 0 aliphatic carbocycles. The summed E-state index contributed by atoms with van der Waals surface area (Å²) in [5, 5.41) is 9.98. The van der Waals surface area contributed by atoms with Gasteiger partial charge in [0.2, 0.25) is 0 Å². The molecule has 1 N–H and O–H groups in total. The lowest BCUT2D eigenvalue weighted by Crippen LogP contribution is -2.16. The van der Waals surface area contributed by atoms with Crippen molar-refractivity contribution in [2.45, 2.75) is 25.9 Å². The number of fused-ring (bicyclic) bond motifs is 1. The minimum Gasteiger partial charge on any atom is -0.507 e. The standard InChI is InChI=1S/C17H18O3/c1-11-14(18)10-16(19-2)13-8-9-15(20-17(11)13)12-6-4-3-5-7-12/h3-7,10,15,18H,8-9H2,1-2H3. The molecule has 3 rings (SSSR count). The molecule has 1 aliphatic heterocycles. The first-order valence-electron chi connectivity index (χ1n) is 6.81. The van der Waals surface area contributed by atoms with Gasteiger partial charge in [0.05, 0.1) is 7.11 Å². The first-order valence-corrected chi connectivity index (χ1v) is 6.81. The number of hydrogen-bond acceptors (Lipinski definition) is 3. The number of phenolic OH excluding ortho intramolecular Hbond substituents is 1. The lowest BCUT2D eigenvalue weighted by atomic mass is 9.95. The Morgan fingerprint density at radius 1 is 1.25 bits per heavy atom. The predicted molar refractivity (Wildman–Crippen MR) is 77.5 cm³/mol. The van der Waals surface area contributed by atoms with Crippen LogP contribution in [0.3, 0.4) is 0 Å². The van der Waals surface area contributed by atoms with Crippen LogP contribution < -0.4 is 9.47 Å². The molecule has 0 radical (unpaired) electrons. The zero-order valence-corrected chi connectivity index (χ0v) is 11.7. The van der Waals surface area contributed by atoms with Gasteiger partial charge in [0.25, 0.3) is 0 Å². The van der Waals surface area contributed by atoms with Crippen LogP contribution in [0.25, 0.3) is 0 Å². The van der Waals surface area contributed by atoms with E-state index >= 15 is 0 Å². The Hall–Kier alpha value is -2.16. The van der Waals surface area contributed by atoms with Crippen molar-refractivity contribution in [2.24, 2.45) is 0 Å². The molecule has 1 heterocycles. The summed E-state index contributed by atoms with van der Waals surface area (Å²) in [6.45, 7) is 1.88. The molecule has 3 nitrogen and oxygen atoms in total. The number of methoxy groups -OCH3 is 1. The quantitative estimate of drug-likeness (QED) is 0.902. The van der Waals surface area contributed by atoms with E-state index in [9.17, 15) is 5.11 Å². The molecule has 1 atom stereocenters. The van der Waals surface area contributed by atoms with Crippen molar-refractivity contribution in [3.63, 3.8) is 0 Å². The highest BCUT2D eigenvalue weighted by Crippen LogP contribution is 2.44. The fraction of sp³-hybridized carbons (Fsp3) is 0.294. The number of benzene rings is 2. The van der Waals surface area contributed by atoms with E-state index in [0.29, 0.717) is 5.75 Å². The summed E-state index contributed by atoms with van der Waals surface area (Å²) < 4.78 is 11.5. The molecule has 1 aliphatic rings. The summed E-state index contributed by atoms with van der Waals surface area (Å²) in [5.41, 5.74) is 3.00. The summed E-state index contributed by atoms with van der Waals surface area (Å²) in [6.07, 6.45) is 1.84. The largest absolute Gasteiger partial charge is 0.507 e. The van der Waals surface area contributed by atoms with Gasteiger partial charge in [-0.15, -0.1) is 0 Å². The predicted octanol–water partition coefficient (Wildman–Crippen LogP) is 3.78.